The van der Waals surface area contributed by atoms with E-state index in [4.69, 9.17) is 5.73 Å². The Morgan fingerprint density at radius 1 is 0.739 bits per heavy atom. The molecule has 0 aromatic carbocycles. The van der Waals surface area contributed by atoms with Gasteiger partial charge in [-0.3, -0.25) is 9.98 Å². The van der Waals surface area contributed by atoms with Crippen molar-refractivity contribution in [1.82, 2.24) is 10.6 Å². The summed E-state index contributed by atoms with van der Waals surface area (Å²) in [4.78, 5) is 7.62. The van der Waals surface area contributed by atoms with E-state index < -0.39 is 0 Å². The van der Waals surface area contributed by atoms with Crippen LogP contribution in [0.15, 0.2) is 9.98 Å². The average molecular weight is 330 g/mol. The molecular weight excluding hydrogens is 286 g/mol. The van der Waals surface area contributed by atoms with E-state index in [9.17, 15) is 0 Å². The molecular formula is C18H43N5. The van der Waals surface area contributed by atoms with Gasteiger partial charge in [0.05, 0.1) is 11.7 Å². The quantitative estimate of drug-likeness (QED) is 0.362. The van der Waals surface area contributed by atoms with Crippen molar-refractivity contribution < 1.29 is 0 Å². The maximum Gasteiger partial charge on any atom is 0.0925 e. The van der Waals surface area contributed by atoms with Gasteiger partial charge in [0.25, 0.3) is 0 Å². The summed E-state index contributed by atoms with van der Waals surface area (Å²) in [6.45, 7) is 6.96. The van der Waals surface area contributed by atoms with E-state index in [1.165, 1.54) is 51.4 Å². The third-order valence-corrected chi connectivity index (χ3v) is 3.45. The minimum atomic E-state index is 0.870. The first kappa shape index (κ1) is 26.8. The van der Waals surface area contributed by atoms with Gasteiger partial charge in [0.15, 0.2) is 0 Å². The fourth-order valence-corrected chi connectivity index (χ4v) is 1.50. The van der Waals surface area contributed by atoms with Gasteiger partial charge in [-0.1, -0.05) is 51.9 Å². The maximum absolute atomic E-state index is 5.39. The summed E-state index contributed by atoms with van der Waals surface area (Å²) in [5, 5.41) is 5.73. The van der Waals surface area contributed by atoms with Crippen LogP contribution in [-0.2, 0) is 0 Å². The Balaban J connectivity index is -0.000000284. The first-order valence-corrected chi connectivity index (χ1v) is 8.96. The molecule has 5 heteroatoms. The molecule has 140 valence electrons. The number of aliphatic imine (C=N–C) groups is 2. The number of rotatable bonds is 8. The van der Waals surface area contributed by atoms with Crippen molar-refractivity contribution in [1.29, 1.82) is 0 Å². The van der Waals surface area contributed by atoms with Crippen LogP contribution in [0.2, 0.25) is 0 Å². The van der Waals surface area contributed by atoms with Gasteiger partial charge in [0, 0.05) is 28.2 Å². The molecule has 0 saturated heterocycles. The Morgan fingerprint density at radius 2 is 1.09 bits per heavy atom. The van der Waals surface area contributed by atoms with Crippen molar-refractivity contribution in [2.75, 3.05) is 34.7 Å². The van der Waals surface area contributed by atoms with E-state index in [0.717, 1.165) is 18.2 Å². The third-order valence-electron chi connectivity index (χ3n) is 3.45. The largest absolute Gasteiger partial charge is 0.377 e. The van der Waals surface area contributed by atoms with Gasteiger partial charge in [0.1, 0.15) is 0 Å². The van der Waals surface area contributed by atoms with E-state index in [-0.39, 0.29) is 0 Å². The van der Waals surface area contributed by atoms with Crippen LogP contribution in [-0.4, -0.2) is 46.4 Å². The fraction of sp³-hybridized carbons (Fsp3) is 0.889. The number of amidine groups is 2. The fourth-order valence-electron chi connectivity index (χ4n) is 1.50. The van der Waals surface area contributed by atoms with E-state index in [1.54, 1.807) is 14.1 Å². The van der Waals surface area contributed by atoms with Crippen LogP contribution in [0.25, 0.3) is 0 Å². The molecule has 0 aliphatic carbocycles. The summed E-state index contributed by atoms with van der Waals surface area (Å²) in [7, 11) is 7.21. The predicted octanol–water partition coefficient (Wildman–Crippen LogP) is 3.59. The van der Waals surface area contributed by atoms with E-state index in [1.807, 2.05) is 27.9 Å². The number of hydrogen-bond acceptors (Lipinski definition) is 3. The van der Waals surface area contributed by atoms with Gasteiger partial charge in [-0.25, -0.2) is 0 Å². The summed E-state index contributed by atoms with van der Waals surface area (Å²) in [6, 6.07) is 0. The lowest BCUT2D eigenvalue weighted by molar-refractivity contribution is 0.578. The average Bonchev–Trinajstić information content (AvgIpc) is 2.60. The molecule has 0 aromatic heterocycles. The lowest BCUT2D eigenvalue weighted by Gasteiger charge is -1.99. The predicted molar refractivity (Wildman–Crippen MR) is 108 cm³/mol. The maximum atomic E-state index is 5.39. The number of nitrogens with one attached hydrogen (secondary N) is 2. The molecule has 0 spiro atoms. The molecule has 0 radical (unpaired) electrons. The molecule has 4 N–H and O–H groups in total. The number of hydrogen-bond donors (Lipinski definition) is 3. The van der Waals surface area contributed by atoms with E-state index >= 15 is 0 Å². The zero-order valence-corrected chi connectivity index (χ0v) is 16.8. The summed E-state index contributed by atoms with van der Waals surface area (Å²) < 4.78 is 0. The smallest absolute Gasteiger partial charge is 0.0925 e. The van der Waals surface area contributed by atoms with Gasteiger partial charge in [-0.05, 0) is 26.8 Å². The van der Waals surface area contributed by atoms with Crippen LogP contribution < -0.4 is 16.4 Å². The Labute approximate surface area is 145 Å². The van der Waals surface area contributed by atoms with E-state index in [2.05, 4.69) is 27.5 Å². The molecule has 0 fully saturated rings. The second kappa shape index (κ2) is 25.8. The molecule has 0 aliphatic rings. The standard InChI is InChI=1S/C10H23N.2C4H10N2/c1-2-3-4-5-6-7-8-9-10-11;2*1-4(5-2)6-3/h2-11H2,1H3;2*1-3H3,(H,5,6). The second-order valence-electron chi connectivity index (χ2n) is 5.38. The molecule has 0 aliphatic heterocycles. The van der Waals surface area contributed by atoms with Crippen molar-refractivity contribution in [2.45, 2.75) is 72.1 Å². The lowest BCUT2D eigenvalue weighted by atomic mass is 10.1. The van der Waals surface area contributed by atoms with Crippen LogP contribution in [0.4, 0.5) is 0 Å². The molecule has 0 unspecified atom stereocenters. The van der Waals surface area contributed by atoms with Crippen molar-refractivity contribution in [3.63, 3.8) is 0 Å². The van der Waals surface area contributed by atoms with Crippen molar-refractivity contribution in [3.05, 3.63) is 0 Å². The normalized spacial score (nSPS) is 11.0. The van der Waals surface area contributed by atoms with Crippen LogP contribution in [0.5, 0.6) is 0 Å². The van der Waals surface area contributed by atoms with Crippen molar-refractivity contribution in [2.24, 2.45) is 15.7 Å². The monoisotopic (exact) mass is 329 g/mol. The summed E-state index contributed by atoms with van der Waals surface area (Å²) in [5.74, 6) is 1.94. The Bertz CT molecular complexity index is 236. The first-order valence-electron chi connectivity index (χ1n) is 8.96. The second-order valence-corrected chi connectivity index (χ2v) is 5.38. The highest BCUT2D eigenvalue weighted by Gasteiger charge is 1.89. The van der Waals surface area contributed by atoms with E-state index in [0.29, 0.717) is 0 Å². The molecule has 5 nitrogen and oxygen atoms in total. The molecule has 0 saturated carbocycles. The number of nitrogens with zero attached hydrogens (tertiary/aromatic N) is 2. The molecule has 0 aromatic rings. The summed E-state index contributed by atoms with van der Waals surface area (Å²) in [6.07, 6.45) is 11.0. The minimum absolute atomic E-state index is 0.870. The van der Waals surface area contributed by atoms with Gasteiger partial charge in [0.2, 0.25) is 0 Å². The van der Waals surface area contributed by atoms with Gasteiger partial charge in [-0.15, -0.1) is 0 Å². The Kier molecular flexibility index (Phi) is 30.1. The van der Waals surface area contributed by atoms with Crippen molar-refractivity contribution >= 4 is 11.7 Å². The van der Waals surface area contributed by atoms with Crippen LogP contribution in [0.3, 0.4) is 0 Å². The zero-order chi connectivity index (χ0) is 18.3. The zero-order valence-electron chi connectivity index (χ0n) is 16.8. The highest BCUT2D eigenvalue weighted by Crippen LogP contribution is 2.07. The lowest BCUT2D eigenvalue weighted by Crippen LogP contribution is -2.12. The SMILES string of the molecule is CCCCCCCCCCN.CN=C(C)NC.CN=C(C)NC. The number of nitrogens with two attached hydrogens (primary N) is 1. The highest BCUT2D eigenvalue weighted by atomic mass is 14.9. The van der Waals surface area contributed by atoms with Crippen LogP contribution >= 0.6 is 0 Å². The van der Waals surface area contributed by atoms with Crippen LogP contribution in [0, 0.1) is 0 Å². The van der Waals surface area contributed by atoms with Gasteiger partial charge >= 0.3 is 0 Å². The first-order chi connectivity index (χ1) is 11.0. The highest BCUT2D eigenvalue weighted by molar-refractivity contribution is 5.79. The topological polar surface area (TPSA) is 74.8 Å². The number of unbranched alkanes of at least 4 members (excludes halogenated alkanes) is 7. The van der Waals surface area contributed by atoms with Crippen LogP contribution in [0.1, 0.15) is 72.1 Å². The molecule has 23 heavy (non-hydrogen) atoms. The molecule has 0 atom stereocenters. The third kappa shape index (κ3) is 33.6. The Morgan fingerprint density at radius 3 is 1.30 bits per heavy atom. The summed E-state index contributed by atoms with van der Waals surface area (Å²) >= 11 is 0. The summed E-state index contributed by atoms with van der Waals surface area (Å²) in [5.41, 5.74) is 5.39. The Hall–Kier alpha value is -1.10. The molecule has 0 rings (SSSR count). The molecule has 0 amide bonds. The molecule has 0 bridgehead atoms. The minimum Gasteiger partial charge on any atom is -0.377 e. The van der Waals surface area contributed by atoms with Crippen molar-refractivity contribution in [3.8, 4) is 0 Å². The molecule has 0 heterocycles. The van der Waals surface area contributed by atoms with Gasteiger partial charge < -0.3 is 16.4 Å². The van der Waals surface area contributed by atoms with Gasteiger partial charge in [-0.2, -0.15) is 0 Å².